The first kappa shape index (κ1) is 19.7. The molecular weight excluding hydrogens is 380 g/mol. The van der Waals surface area contributed by atoms with Crippen molar-refractivity contribution in [1.29, 1.82) is 0 Å². The highest BCUT2D eigenvalue weighted by molar-refractivity contribution is 5.83. The molecule has 4 rings (SSSR count). The number of carbonyl (C=O) groups is 1. The number of rotatable bonds is 6. The van der Waals surface area contributed by atoms with E-state index in [1.54, 1.807) is 0 Å². The first-order valence-corrected chi connectivity index (χ1v) is 10.0. The van der Waals surface area contributed by atoms with Crippen LogP contribution in [-0.2, 0) is 4.79 Å². The monoisotopic (exact) mass is 404 g/mol. The molecule has 0 amide bonds. The smallest absolute Gasteiger partial charge is 0.306 e. The third kappa shape index (κ3) is 4.51. The van der Waals surface area contributed by atoms with Gasteiger partial charge in [-0.3, -0.25) is 4.79 Å². The minimum atomic E-state index is -0.738. The lowest BCUT2D eigenvalue weighted by molar-refractivity contribution is -0.142. The van der Waals surface area contributed by atoms with Crippen LogP contribution in [0.1, 0.15) is 25.7 Å². The first-order valence-electron chi connectivity index (χ1n) is 10.0. The molecule has 154 valence electrons. The molecule has 7 nitrogen and oxygen atoms in total. The normalized spacial score (nSPS) is 18.5. The summed E-state index contributed by atoms with van der Waals surface area (Å²) in [6, 6.07) is 17.2. The predicted octanol–water partition coefficient (Wildman–Crippen LogP) is 4.57. The quantitative estimate of drug-likeness (QED) is 0.552. The highest BCUT2D eigenvalue weighted by Gasteiger charge is 2.28. The Bertz CT molecular complexity index is 1010. The maximum atomic E-state index is 11.4. The van der Waals surface area contributed by atoms with Gasteiger partial charge < -0.3 is 20.9 Å². The molecule has 3 aromatic rings. The Hall–Kier alpha value is -3.61. The second-order valence-corrected chi connectivity index (χ2v) is 7.47. The summed E-state index contributed by atoms with van der Waals surface area (Å²) in [6.45, 7) is 0. The van der Waals surface area contributed by atoms with Gasteiger partial charge in [0.15, 0.2) is 0 Å². The van der Waals surface area contributed by atoms with E-state index < -0.39 is 5.97 Å². The number of nitrogens with one attached hydrogen (secondary N) is 1. The van der Waals surface area contributed by atoms with Gasteiger partial charge in [0.05, 0.1) is 11.5 Å². The van der Waals surface area contributed by atoms with Gasteiger partial charge in [-0.1, -0.05) is 36.8 Å². The average Bonchev–Trinajstić information content (AvgIpc) is 2.76. The van der Waals surface area contributed by atoms with Crippen molar-refractivity contribution in [2.75, 3.05) is 11.1 Å². The minimum absolute atomic E-state index is 0.0357. The Morgan fingerprint density at radius 2 is 1.77 bits per heavy atom. The van der Waals surface area contributed by atoms with E-state index in [1.165, 1.54) is 6.33 Å². The molecule has 2 atom stereocenters. The topological polar surface area (TPSA) is 110 Å². The highest BCUT2D eigenvalue weighted by atomic mass is 16.5. The number of nitrogens with zero attached hydrogens (tertiary/aromatic N) is 2. The number of carboxylic acid groups (broad SMARTS) is 1. The van der Waals surface area contributed by atoms with Crippen LogP contribution in [-0.4, -0.2) is 27.1 Å². The fourth-order valence-corrected chi connectivity index (χ4v) is 3.85. The van der Waals surface area contributed by atoms with Crippen LogP contribution < -0.4 is 15.8 Å². The molecule has 0 aliphatic heterocycles. The van der Waals surface area contributed by atoms with Crippen LogP contribution in [0.15, 0.2) is 60.9 Å². The van der Waals surface area contributed by atoms with Crippen LogP contribution in [0, 0.1) is 5.92 Å². The fraction of sp³-hybridized carbons (Fsp3) is 0.261. The molecule has 0 bridgehead atoms. The van der Waals surface area contributed by atoms with Crippen LogP contribution in [0.5, 0.6) is 11.5 Å². The second-order valence-electron chi connectivity index (χ2n) is 7.47. The molecule has 1 fully saturated rings. The number of carboxylic acids is 1. The van der Waals surface area contributed by atoms with Crippen LogP contribution in [0.2, 0.25) is 0 Å². The van der Waals surface area contributed by atoms with E-state index in [9.17, 15) is 9.90 Å². The van der Waals surface area contributed by atoms with E-state index in [2.05, 4.69) is 15.3 Å². The zero-order valence-electron chi connectivity index (χ0n) is 16.5. The van der Waals surface area contributed by atoms with Gasteiger partial charge in [0.1, 0.15) is 29.5 Å². The van der Waals surface area contributed by atoms with E-state index in [0.29, 0.717) is 29.4 Å². The predicted molar refractivity (Wildman–Crippen MR) is 115 cm³/mol. The lowest BCUT2D eigenvalue weighted by Crippen LogP contribution is -2.31. The minimum Gasteiger partial charge on any atom is -0.481 e. The van der Waals surface area contributed by atoms with Crippen molar-refractivity contribution in [3.05, 3.63) is 60.9 Å². The number of ether oxygens (including phenoxy) is 1. The molecule has 1 saturated carbocycles. The zero-order chi connectivity index (χ0) is 20.9. The van der Waals surface area contributed by atoms with E-state index in [4.69, 9.17) is 10.5 Å². The molecule has 1 aromatic heterocycles. The van der Waals surface area contributed by atoms with Crippen LogP contribution in [0.25, 0.3) is 11.1 Å². The van der Waals surface area contributed by atoms with Crippen LogP contribution >= 0.6 is 0 Å². The van der Waals surface area contributed by atoms with Crippen molar-refractivity contribution >= 4 is 17.6 Å². The Labute approximate surface area is 174 Å². The van der Waals surface area contributed by atoms with Crippen molar-refractivity contribution < 1.29 is 14.6 Å². The zero-order valence-corrected chi connectivity index (χ0v) is 16.5. The standard InChI is InChI=1S/C23H24N4O3/c24-21-20(15-9-11-19(12-10-15)30-18-7-2-1-3-8-18)22(26-14-25-21)27-17-6-4-5-16(13-17)23(28)29/h1-3,7-12,14,16-17H,4-6,13H2,(H,28,29)(H3,24,25,26,27). The van der Waals surface area contributed by atoms with Crippen molar-refractivity contribution in [2.24, 2.45) is 5.92 Å². The maximum absolute atomic E-state index is 11.4. The molecule has 1 aliphatic rings. The Morgan fingerprint density at radius 1 is 1.03 bits per heavy atom. The number of hydrogen-bond acceptors (Lipinski definition) is 6. The first-order chi connectivity index (χ1) is 14.6. The summed E-state index contributed by atoms with van der Waals surface area (Å²) >= 11 is 0. The van der Waals surface area contributed by atoms with Crippen molar-refractivity contribution in [3.63, 3.8) is 0 Å². The van der Waals surface area contributed by atoms with E-state index in [0.717, 1.165) is 30.6 Å². The molecule has 4 N–H and O–H groups in total. The molecule has 7 heteroatoms. The van der Waals surface area contributed by atoms with Crippen molar-refractivity contribution in [2.45, 2.75) is 31.7 Å². The molecule has 30 heavy (non-hydrogen) atoms. The second kappa shape index (κ2) is 8.82. The number of hydrogen-bond donors (Lipinski definition) is 3. The summed E-state index contributed by atoms with van der Waals surface area (Å²) < 4.78 is 5.85. The summed E-state index contributed by atoms with van der Waals surface area (Å²) in [5.41, 5.74) is 7.75. The number of benzene rings is 2. The summed E-state index contributed by atoms with van der Waals surface area (Å²) in [5, 5.41) is 12.7. The van der Waals surface area contributed by atoms with Gasteiger partial charge in [-0.2, -0.15) is 0 Å². The highest BCUT2D eigenvalue weighted by Crippen LogP contribution is 2.35. The average molecular weight is 404 g/mol. The third-order valence-electron chi connectivity index (χ3n) is 5.36. The number of aliphatic carboxylic acids is 1. The van der Waals surface area contributed by atoms with Crippen LogP contribution in [0.3, 0.4) is 0 Å². The lowest BCUT2D eigenvalue weighted by Gasteiger charge is -2.28. The van der Waals surface area contributed by atoms with Gasteiger partial charge in [0.2, 0.25) is 0 Å². The van der Waals surface area contributed by atoms with E-state index in [1.807, 2.05) is 54.6 Å². The molecule has 0 saturated heterocycles. The van der Waals surface area contributed by atoms with Gasteiger partial charge in [0, 0.05) is 6.04 Å². The number of aromatic nitrogens is 2. The Kier molecular flexibility index (Phi) is 5.79. The van der Waals surface area contributed by atoms with Gasteiger partial charge in [-0.05, 0) is 49.1 Å². The molecule has 1 heterocycles. The van der Waals surface area contributed by atoms with Gasteiger partial charge in [-0.15, -0.1) is 0 Å². The lowest BCUT2D eigenvalue weighted by atomic mass is 9.85. The van der Waals surface area contributed by atoms with Gasteiger partial charge >= 0.3 is 5.97 Å². The van der Waals surface area contributed by atoms with E-state index >= 15 is 0 Å². The largest absolute Gasteiger partial charge is 0.481 e. The SMILES string of the molecule is Nc1ncnc(NC2CCCC(C(=O)O)C2)c1-c1ccc(Oc2ccccc2)cc1. The van der Waals surface area contributed by atoms with Crippen molar-refractivity contribution in [3.8, 4) is 22.6 Å². The number of nitrogen functional groups attached to an aromatic ring is 1. The molecule has 0 radical (unpaired) electrons. The molecule has 2 aromatic carbocycles. The fourth-order valence-electron chi connectivity index (χ4n) is 3.85. The summed E-state index contributed by atoms with van der Waals surface area (Å²) in [4.78, 5) is 19.9. The maximum Gasteiger partial charge on any atom is 0.306 e. The van der Waals surface area contributed by atoms with Gasteiger partial charge in [0.25, 0.3) is 0 Å². The Balaban J connectivity index is 1.55. The summed E-state index contributed by atoms with van der Waals surface area (Å²) in [6.07, 6.45) is 4.48. The Morgan fingerprint density at radius 3 is 2.50 bits per heavy atom. The van der Waals surface area contributed by atoms with Crippen LogP contribution in [0.4, 0.5) is 11.6 Å². The molecule has 0 spiro atoms. The van der Waals surface area contributed by atoms with Crippen molar-refractivity contribution in [1.82, 2.24) is 9.97 Å². The number of anilines is 2. The van der Waals surface area contributed by atoms with Gasteiger partial charge in [-0.25, -0.2) is 9.97 Å². The van der Waals surface area contributed by atoms with E-state index in [-0.39, 0.29) is 12.0 Å². The number of nitrogens with two attached hydrogens (primary N) is 1. The summed E-state index contributed by atoms with van der Waals surface area (Å²) in [5.74, 6) is 1.41. The molecule has 2 unspecified atom stereocenters. The third-order valence-corrected chi connectivity index (χ3v) is 5.36. The molecule has 1 aliphatic carbocycles. The summed E-state index contributed by atoms with van der Waals surface area (Å²) in [7, 11) is 0. The molecular formula is C23H24N4O3. The number of para-hydroxylation sites is 1.